The molecule has 1 aliphatic heterocycles. The molecule has 0 spiro atoms. The third kappa shape index (κ3) is 5.58. The average molecular weight is 468 g/mol. The monoisotopic (exact) mass is 467 g/mol. The summed E-state index contributed by atoms with van der Waals surface area (Å²) in [5.41, 5.74) is 9.72. The number of aliphatic hydroxyl groups excluding tert-OH is 1. The number of piperidine rings is 1. The number of aliphatic hydroxyl groups is 1. The summed E-state index contributed by atoms with van der Waals surface area (Å²) in [7, 11) is 0. The van der Waals surface area contributed by atoms with Crippen LogP contribution >= 0.6 is 0 Å². The maximum absolute atomic E-state index is 9.94. The largest absolute Gasteiger partial charge is 0.460 e. The van der Waals surface area contributed by atoms with Crippen molar-refractivity contribution in [3.8, 4) is 6.01 Å². The molecule has 1 atom stereocenters. The van der Waals surface area contributed by atoms with Crippen LogP contribution in [0.4, 0.5) is 11.6 Å². The van der Waals surface area contributed by atoms with E-state index in [0.717, 1.165) is 42.5 Å². The molecule has 1 saturated heterocycles. The van der Waals surface area contributed by atoms with Gasteiger partial charge in [0.05, 0.1) is 18.0 Å². The predicted molar refractivity (Wildman–Crippen MR) is 133 cm³/mol. The Morgan fingerprint density at radius 1 is 1.18 bits per heavy atom. The van der Waals surface area contributed by atoms with E-state index in [9.17, 15) is 5.11 Å². The molecule has 4 rings (SSSR count). The SMILES string of the molecule is CCCC(O)COc1nc(N)c2ncc(Cc3cnc(N4CCC(CCC)CC4)c(C)c3)n2n1. The zero-order valence-corrected chi connectivity index (χ0v) is 20.6. The molecule has 9 heteroatoms. The molecule has 0 saturated carbocycles. The van der Waals surface area contributed by atoms with Gasteiger partial charge in [0.2, 0.25) is 0 Å². The predicted octanol–water partition coefficient (Wildman–Crippen LogP) is 3.56. The van der Waals surface area contributed by atoms with E-state index >= 15 is 0 Å². The lowest BCUT2D eigenvalue weighted by Gasteiger charge is -2.33. The first-order chi connectivity index (χ1) is 16.5. The van der Waals surface area contributed by atoms with Gasteiger partial charge in [0.15, 0.2) is 11.5 Å². The van der Waals surface area contributed by atoms with E-state index in [2.05, 4.69) is 39.9 Å². The van der Waals surface area contributed by atoms with Gasteiger partial charge in [-0.25, -0.2) is 14.5 Å². The first-order valence-electron chi connectivity index (χ1n) is 12.5. The number of pyridine rings is 1. The highest BCUT2D eigenvalue weighted by Crippen LogP contribution is 2.27. The van der Waals surface area contributed by atoms with E-state index in [1.165, 1.54) is 31.2 Å². The number of nitrogens with zero attached hydrogens (tertiary/aromatic N) is 6. The highest BCUT2D eigenvalue weighted by Gasteiger charge is 2.21. The molecule has 1 fully saturated rings. The molecule has 3 N–H and O–H groups in total. The number of aromatic nitrogens is 5. The molecule has 184 valence electrons. The van der Waals surface area contributed by atoms with Crippen molar-refractivity contribution in [1.82, 2.24) is 24.6 Å². The molecule has 0 radical (unpaired) electrons. The Morgan fingerprint density at radius 3 is 2.68 bits per heavy atom. The van der Waals surface area contributed by atoms with E-state index < -0.39 is 6.10 Å². The van der Waals surface area contributed by atoms with Crippen molar-refractivity contribution in [3.05, 3.63) is 35.3 Å². The summed E-state index contributed by atoms with van der Waals surface area (Å²) < 4.78 is 7.26. The summed E-state index contributed by atoms with van der Waals surface area (Å²) in [5.74, 6) is 2.19. The van der Waals surface area contributed by atoms with Gasteiger partial charge >= 0.3 is 6.01 Å². The van der Waals surface area contributed by atoms with Crippen LogP contribution in [0.1, 0.15) is 69.2 Å². The molecule has 0 aromatic carbocycles. The Kier molecular flexibility index (Phi) is 7.82. The first kappa shape index (κ1) is 24.2. The third-order valence-electron chi connectivity index (χ3n) is 6.57. The van der Waals surface area contributed by atoms with Crippen molar-refractivity contribution in [2.45, 2.75) is 71.8 Å². The van der Waals surface area contributed by atoms with E-state index in [1.54, 1.807) is 10.7 Å². The van der Waals surface area contributed by atoms with Gasteiger partial charge in [-0.2, -0.15) is 4.98 Å². The maximum Gasteiger partial charge on any atom is 0.336 e. The zero-order valence-electron chi connectivity index (χ0n) is 20.6. The van der Waals surface area contributed by atoms with Gasteiger partial charge in [0, 0.05) is 25.7 Å². The number of anilines is 2. The highest BCUT2D eigenvalue weighted by atomic mass is 16.5. The molecule has 1 unspecified atom stereocenters. The number of imidazole rings is 1. The summed E-state index contributed by atoms with van der Waals surface area (Å²) in [4.78, 5) is 15.8. The number of nitrogen functional groups attached to an aromatic ring is 1. The second-order valence-electron chi connectivity index (χ2n) is 9.40. The molecular weight excluding hydrogens is 430 g/mol. The number of ether oxygens (including phenoxy) is 1. The van der Waals surface area contributed by atoms with Crippen molar-refractivity contribution < 1.29 is 9.84 Å². The van der Waals surface area contributed by atoms with Crippen LogP contribution < -0.4 is 15.4 Å². The minimum absolute atomic E-state index is 0.128. The second-order valence-corrected chi connectivity index (χ2v) is 9.40. The van der Waals surface area contributed by atoms with Gasteiger partial charge in [0.25, 0.3) is 0 Å². The molecule has 4 heterocycles. The molecule has 3 aromatic heterocycles. The van der Waals surface area contributed by atoms with Crippen molar-refractivity contribution in [2.75, 3.05) is 30.3 Å². The van der Waals surface area contributed by atoms with Gasteiger partial charge in [-0.3, -0.25) is 0 Å². The average Bonchev–Trinajstić information content (AvgIpc) is 3.22. The zero-order chi connectivity index (χ0) is 24.1. The summed E-state index contributed by atoms with van der Waals surface area (Å²) in [6, 6.07) is 2.33. The molecule has 3 aromatic rings. The molecule has 0 amide bonds. The molecule has 0 bridgehead atoms. The Labute approximate surface area is 201 Å². The van der Waals surface area contributed by atoms with Gasteiger partial charge in [-0.05, 0) is 43.2 Å². The van der Waals surface area contributed by atoms with Crippen LogP contribution in [0.15, 0.2) is 18.5 Å². The van der Waals surface area contributed by atoms with Crippen LogP contribution in [0.25, 0.3) is 5.65 Å². The second kappa shape index (κ2) is 11.0. The van der Waals surface area contributed by atoms with Gasteiger partial charge in [-0.15, -0.1) is 5.10 Å². The minimum Gasteiger partial charge on any atom is -0.460 e. The highest BCUT2D eigenvalue weighted by molar-refractivity contribution is 5.60. The number of fused-ring (bicyclic) bond motifs is 1. The van der Waals surface area contributed by atoms with E-state index in [0.29, 0.717) is 18.5 Å². The summed E-state index contributed by atoms with van der Waals surface area (Å²) in [6.45, 7) is 8.70. The molecular formula is C25H37N7O2. The van der Waals surface area contributed by atoms with Crippen LogP contribution in [0.3, 0.4) is 0 Å². The van der Waals surface area contributed by atoms with Crippen molar-refractivity contribution in [2.24, 2.45) is 5.92 Å². The van der Waals surface area contributed by atoms with Crippen LogP contribution in [0, 0.1) is 12.8 Å². The number of hydrogen-bond acceptors (Lipinski definition) is 8. The van der Waals surface area contributed by atoms with E-state index in [1.807, 2.05) is 13.1 Å². The first-order valence-corrected chi connectivity index (χ1v) is 12.5. The summed E-state index contributed by atoms with van der Waals surface area (Å²) in [5, 5.41) is 14.4. The fourth-order valence-corrected chi connectivity index (χ4v) is 4.80. The topological polar surface area (TPSA) is 115 Å². The fraction of sp³-hybridized carbons (Fsp3) is 0.600. The molecule has 0 aliphatic carbocycles. The normalized spacial score (nSPS) is 15.7. The van der Waals surface area contributed by atoms with Gasteiger partial charge in [-0.1, -0.05) is 39.2 Å². The lowest BCUT2D eigenvalue weighted by atomic mass is 9.92. The Morgan fingerprint density at radius 2 is 1.97 bits per heavy atom. The Hall–Kier alpha value is -2.94. The number of rotatable bonds is 10. The van der Waals surface area contributed by atoms with Crippen molar-refractivity contribution in [3.63, 3.8) is 0 Å². The van der Waals surface area contributed by atoms with E-state index in [-0.39, 0.29) is 18.4 Å². The lowest BCUT2D eigenvalue weighted by molar-refractivity contribution is 0.0935. The quantitative estimate of drug-likeness (QED) is 0.465. The third-order valence-corrected chi connectivity index (χ3v) is 6.57. The molecule has 9 nitrogen and oxygen atoms in total. The number of aryl methyl sites for hydroxylation is 1. The number of nitrogens with two attached hydrogens (primary N) is 1. The Balaban J connectivity index is 1.47. The fourth-order valence-electron chi connectivity index (χ4n) is 4.80. The summed E-state index contributed by atoms with van der Waals surface area (Å²) >= 11 is 0. The molecule has 1 aliphatic rings. The maximum atomic E-state index is 9.94. The van der Waals surface area contributed by atoms with Crippen molar-refractivity contribution >= 4 is 17.3 Å². The van der Waals surface area contributed by atoms with Crippen LogP contribution in [-0.2, 0) is 6.42 Å². The lowest BCUT2D eigenvalue weighted by Crippen LogP contribution is -2.34. The smallest absolute Gasteiger partial charge is 0.336 e. The standard InChI is InChI=1S/C25H37N7O2/c1-4-6-18-8-10-31(11-9-18)23-17(3)12-19(14-27-23)13-20-15-28-24-22(26)29-25(30-32(20)24)34-16-21(33)7-5-2/h12,14-15,18,21,33H,4-11,13,16H2,1-3H3,(H2,26,29,30). The summed E-state index contributed by atoms with van der Waals surface area (Å²) in [6.07, 6.45) is 10.4. The Bertz CT molecular complexity index is 1090. The van der Waals surface area contributed by atoms with Gasteiger partial charge in [0.1, 0.15) is 12.4 Å². The number of hydrogen-bond donors (Lipinski definition) is 2. The van der Waals surface area contributed by atoms with Gasteiger partial charge < -0.3 is 20.5 Å². The minimum atomic E-state index is -0.558. The molecule has 34 heavy (non-hydrogen) atoms. The van der Waals surface area contributed by atoms with Crippen LogP contribution in [0.5, 0.6) is 6.01 Å². The van der Waals surface area contributed by atoms with Crippen LogP contribution in [-0.4, -0.2) is 55.5 Å². The van der Waals surface area contributed by atoms with E-state index in [4.69, 9.17) is 15.5 Å². The van der Waals surface area contributed by atoms with Crippen LogP contribution in [0.2, 0.25) is 0 Å². The van der Waals surface area contributed by atoms with Crippen molar-refractivity contribution in [1.29, 1.82) is 0 Å².